The summed E-state index contributed by atoms with van der Waals surface area (Å²) in [5, 5.41) is 0.801. The number of aromatic nitrogens is 2. The summed E-state index contributed by atoms with van der Waals surface area (Å²) in [6.45, 7) is 7.22. The highest BCUT2D eigenvalue weighted by atomic mass is 16.5. The van der Waals surface area contributed by atoms with Gasteiger partial charge in [0, 0.05) is 30.9 Å². The molecule has 0 bridgehead atoms. The van der Waals surface area contributed by atoms with Crippen LogP contribution in [0.15, 0.2) is 31.1 Å². The zero-order chi connectivity index (χ0) is 17.8. The fraction of sp³-hybridized carbons (Fsp3) is 0.421. The van der Waals surface area contributed by atoms with Crippen LogP contribution in [0.5, 0.6) is 0 Å². The maximum absolute atomic E-state index is 12.0. The lowest BCUT2D eigenvalue weighted by Crippen LogP contribution is -2.37. The number of piperidine rings is 1. The van der Waals surface area contributed by atoms with Gasteiger partial charge in [-0.2, -0.15) is 0 Å². The molecule has 0 aromatic carbocycles. The Balaban J connectivity index is 1.70. The molecule has 2 aromatic rings. The Bertz CT molecular complexity index is 788. The van der Waals surface area contributed by atoms with Crippen LogP contribution in [0, 0.1) is 5.92 Å². The second-order valence-electron chi connectivity index (χ2n) is 6.34. The lowest BCUT2D eigenvalue weighted by atomic mass is 9.90. The van der Waals surface area contributed by atoms with Crippen molar-refractivity contribution in [2.45, 2.75) is 26.2 Å². The van der Waals surface area contributed by atoms with Crippen LogP contribution < -0.4 is 0 Å². The SMILES string of the molecule is C=CC(=O)N1CCC(Cc2cnc3[nH]cc(C(=O)OCC)c3c2)CC1. The molecule has 0 radical (unpaired) electrons. The third-order valence-corrected chi connectivity index (χ3v) is 4.71. The number of fused-ring (bicyclic) bond motifs is 1. The van der Waals surface area contributed by atoms with Crippen molar-refractivity contribution < 1.29 is 14.3 Å². The topological polar surface area (TPSA) is 75.3 Å². The van der Waals surface area contributed by atoms with Crippen molar-refractivity contribution in [2.24, 2.45) is 5.92 Å². The Morgan fingerprint density at radius 3 is 2.88 bits per heavy atom. The van der Waals surface area contributed by atoms with Crippen molar-refractivity contribution in [3.05, 3.63) is 42.2 Å². The summed E-state index contributed by atoms with van der Waals surface area (Å²) in [5.74, 6) is 0.190. The van der Waals surface area contributed by atoms with Crippen LogP contribution in [0.2, 0.25) is 0 Å². The molecule has 1 fully saturated rings. The van der Waals surface area contributed by atoms with E-state index in [-0.39, 0.29) is 11.9 Å². The molecule has 6 heteroatoms. The Kier molecular flexibility index (Phi) is 5.16. The predicted molar refractivity (Wildman–Crippen MR) is 95.3 cm³/mol. The fourth-order valence-electron chi connectivity index (χ4n) is 3.36. The van der Waals surface area contributed by atoms with Gasteiger partial charge in [0.1, 0.15) is 5.65 Å². The average Bonchev–Trinajstić information content (AvgIpc) is 3.05. The molecular weight excluding hydrogens is 318 g/mol. The first-order valence-corrected chi connectivity index (χ1v) is 8.66. The van der Waals surface area contributed by atoms with Crippen LogP contribution >= 0.6 is 0 Å². The van der Waals surface area contributed by atoms with Crippen LogP contribution in [0.25, 0.3) is 11.0 Å². The molecule has 1 aliphatic rings. The Hall–Kier alpha value is -2.63. The van der Waals surface area contributed by atoms with Gasteiger partial charge in [-0.05, 0) is 49.8 Å². The number of hydrogen-bond donors (Lipinski definition) is 1. The van der Waals surface area contributed by atoms with Crippen LogP contribution in [-0.4, -0.2) is 46.4 Å². The number of carbonyl (C=O) groups excluding carboxylic acids is 2. The van der Waals surface area contributed by atoms with E-state index in [0.29, 0.717) is 23.7 Å². The third-order valence-electron chi connectivity index (χ3n) is 4.71. The summed E-state index contributed by atoms with van der Waals surface area (Å²) < 4.78 is 5.10. The largest absolute Gasteiger partial charge is 0.462 e. The van der Waals surface area contributed by atoms with E-state index in [9.17, 15) is 9.59 Å². The highest BCUT2D eigenvalue weighted by Crippen LogP contribution is 2.24. The maximum Gasteiger partial charge on any atom is 0.340 e. The van der Waals surface area contributed by atoms with E-state index in [1.165, 1.54) is 6.08 Å². The number of pyridine rings is 1. The van der Waals surface area contributed by atoms with Gasteiger partial charge >= 0.3 is 5.97 Å². The summed E-state index contributed by atoms with van der Waals surface area (Å²) >= 11 is 0. The van der Waals surface area contributed by atoms with E-state index >= 15 is 0 Å². The number of nitrogens with zero attached hydrogens (tertiary/aromatic N) is 2. The average molecular weight is 341 g/mol. The maximum atomic E-state index is 12.0. The molecule has 3 rings (SSSR count). The molecule has 0 spiro atoms. The second-order valence-corrected chi connectivity index (χ2v) is 6.34. The van der Waals surface area contributed by atoms with Crippen molar-refractivity contribution in [1.29, 1.82) is 0 Å². The van der Waals surface area contributed by atoms with Crippen LogP contribution in [0.3, 0.4) is 0 Å². The van der Waals surface area contributed by atoms with Crippen LogP contribution in [-0.2, 0) is 16.0 Å². The summed E-state index contributed by atoms with van der Waals surface area (Å²) in [4.78, 5) is 33.0. The number of aromatic amines is 1. The molecule has 0 atom stereocenters. The van der Waals surface area contributed by atoms with Crippen LogP contribution in [0.4, 0.5) is 0 Å². The predicted octanol–water partition coefficient (Wildman–Crippen LogP) is 2.71. The number of amides is 1. The molecule has 3 heterocycles. The molecule has 6 nitrogen and oxygen atoms in total. The minimum atomic E-state index is -0.330. The molecule has 0 saturated carbocycles. The Morgan fingerprint density at radius 1 is 1.44 bits per heavy atom. The number of hydrogen-bond acceptors (Lipinski definition) is 4. The van der Waals surface area contributed by atoms with Crippen LogP contribution in [0.1, 0.15) is 35.7 Å². The minimum absolute atomic E-state index is 0.00735. The van der Waals surface area contributed by atoms with E-state index < -0.39 is 0 Å². The van der Waals surface area contributed by atoms with Crippen molar-refractivity contribution in [1.82, 2.24) is 14.9 Å². The highest BCUT2D eigenvalue weighted by Gasteiger charge is 2.22. The number of esters is 1. The lowest BCUT2D eigenvalue weighted by molar-refractivity contribution is -0.127. The van der Waals surface area contributed by atoms with E-state index in [0.717, 1.165) is 43.3 Å². The molecule has 0 aliphatic carbocycles. The smallest absolute Gasteiger partial charge is 0.340 e. The zero-order valence-corrected chi connectivity index (χ0v) is 14.5. The third kappa shape index (κ3) is 3.73. The molecule has 1 N–H and O–H groups in total. The normalized spacial score (nSPS) is 15.3. The number of H-pyrrole nitrogens is 1. The van der Waals surface area contributed by atoms with Crippen molar-refractivity contribution in [3.8, 4) is 0 Å². The molecule has 1 aliphatic heterocycles. The molecule has 2 aromatic heterocycles. The van der Waals surface area contributed by atoms with E-state index in [4.69, 9.17) is 4.74 Å². The molecule has 1 saturated heterocycles. The molecule has 25 heavy (non-hydrogen) atoms. The Labute approximate surface area is 146 Å². The van der Waals surface area contributed by atoms with Gasteiger partial charge in [-0.25, -0.2) is 9.78 Å². The molecule has 0 unspecified atom stereocenters. The summed E-state index contributed by atoms with van der Waals surface area (Å²) in [7, 11) is 0. The molecule has 1 amide bonds. The van der Waals surface area contributed by atoms with Gasteiger partial charge in [0.25, 0.3) is 0 Å². The number of ether oxygens (including phenoxy) is 1. The van der Waals surface area contributed by atoms with E-state index in [1.54, 1.807) is 13.1 Å². The summed E-state index contributed by atoms with van der Waals surface area (Å²) in [6.07, 6.45) is 7.71. The number of likely N-dealkylation sites (tertiary alicyclic amines) is 1. The zero-order valence-electron chi connectivity index (χ0n) is 14.5. The number of nitrogens with one attached hydrogen (secondary N) is 1. The minimum Gasteiger partial charge on any atom is -0.462 e. The molecule has 132 valence electrons. The van der Waals surface area contributed by atoms with Gasteiger partial charge in [-0.3, -0.25) is 4.79 Å². The number of rotatable bonds is 5. The summed E-state index contributed by atoms with van der Waals surface area (Å²) in [6, 6.07) is 2.02. The first-order chi connectivity index (χ1) is 12.1. The first-order valence-electron chi connectivity index (χ1n) is 8.66. The van der Waals surface area contributed by atoms with Crippen molar-refractivity contribution >= 4 is 22.9 Å². The standard InChI is InChI=1S/C19H23N3O3/c1-3-17(23)22-7-5-13(6-8-22)9-14-10-15-16(19(24)25-4-2)12-21-18(15)20-11-14/h3,10-13H,1,4-9H2,2H3,(H,20,21). The monoisotopic (exact) mass is 341 g/mol. The second kappa shape index (κ2) is 7.51. The van der Waals surface area contributed by atoms with Gasteiger partial charge in [0.05, 0.1) is 12.2 Å². The van der Waals surface area contributed by atoms with E-state index in [2.05, 4.69) is 16.5 Å². The van der Waals surface area contributed by atoms with Gasteiger partial charge < -0.3 is 14.6 Å². The first kappa shape index (κ1) is 17.2. The van der Waals surface area contributed by atoms with Gasteiger partial charge in [-0.1, -0.05) is 6.58 Å². The number of carbonyl (C=O) groups is 2. The fourth-order valence-corrected chi connectivity index (χ4v) is 3.36. The quantitative estimate of drug-likeness (QED) is 0.670. The van der Waals surface area contributed by atoms with Crippen molar-refractivity contribution in [3.63, 3.8) is 0 Å². The highest BCUT2D eigenvalue weighted by molar-refractivity contribution is 6.03. The van der Waals surface area contributed by atoms with Gasteiger partial charge in [-0.15, -0.1) is 0 Å². The Morgan fingerprint density at radius 2 is 2.20 bits per heavy atom. The van der Waals surface area contributed by atoms with Gasteiger partial charge in [0.2, 0.25) is 5.91 Å². The lowest BCUT2D eigenvalue weighted by Gasteiger charge is -2.31. The summed E-state index contributed by atoms with van der Waals surface area (Å²) in [5.41, 5.74) is 2.32. The molecular formula is C19H23N3O3. The van der Waals surface area contributed by atoms with Crippen molar-refractivity contribution in [2.75, 3.05) is 19.7 Å². The van der Waals surface area contributed by atoms with E-state index in [1.807, 2.05) is 17.2 Å². The van der Waals surface area contributed by atoms with Gasteiger partial charge in [0.15, 0.2) is 0 Å².